The van der Waals surface area contributed by atoms with Crippen LogP contribution in [-0.2, 0) is 15.2 Å². The summed E-state index contributed by atoms with van der Waals surface area (Å²) in [6.45, 7) is 3.51. The summed E-state index contributed by atoms with van der Waals surface area (Å²) in [6, 6.07) is 5.60. The first-order chi connectivity index (χ1) is 10.3. The maximum absolute atomic E-state index is 11.4. The molecule has 3 N–H and O–H groups in total. The van der Waals surface area contributed by atoms with E-state index in [-0.39, 0.29) is 5.76 Å². The van der Waals surface area contributed by atoms with E-state index in [1.807, 2.05) is 19.1 Å². The third-order valence-corrected chi connectivity index (χ3v) is 2.87. The van der Waals surface area contributed by atoms with Gasteiger partial charge in [0, 0.05) is 0 Å². The molecule has 3 rings (SSSR count). The Balaban J connectivity index is 0.000000246. The van der Waals surface area contributed by atoms with Gasteiger partial charge in [-0.05, 0) is 38.1 Å². The van der Waals surface area contributed by atoms with Crippen LogP contribution in [0.1, 0.15) is 17.3 Å². The largest absolute Gasteiger partial charge is 0.470 e. The van der Waals surface area contributed by atoms with Crippen LogP contribution in [0.4, 0.5) is 4.79 Å². The van der Waals surface area contributed by atoms with E-state index >= 15 is 0 Å². The molecule has 0 unspecified atom stereocenters. The second kappa shape index (κ2) is 5.86. The number of hydrogen-bond donors (Lipinski definition) is 3. The summed E-state index contributed by atoms with van der Waals surface area (Å²) in [5.74, 6) is -1.09. The van der Waals surface area contributed by atoms with Gasteiger partial charge in [0.15, 0.2) is 5.76 Å². The van der Waals surface area contributed by atoms with Crippen LogP contribution in [0.3, 0.4) is 0 Å². The highest BCUT2D eigenvalue weighted by Gasteiger charge is 2.53. The Morgan fingerprint density at radius 2 is 1.64 bits per heavy atom. The van der Waals surface area contributed by atoms with Gasteiger partial charge in [0.2, 0.25) is 0 Å². The molecule has 116 valence electrons. The first-order valence-electron chi connectivity index (χ1n) is 6.30. The van der Waals surface area contributed by atoms with Crippen molar-refractivity contribution >= 4 is 17.8 Å². The van der Waals surface area contributed by atoms with Gasteiger partial charge in [-0.2, -0.15) is 0 Å². The van der Waals surface area contributed by atoms with E-state index in [4.69, 9.17) is 8.83 Å². The Hall–Kier alpha value is -2.87. The number of rotatable bonds is 1. The van der Waals surface area contributed by atoms with E-state index in [1.54, 1.807) is 23.8 Å². The molecule has 2 aromatic heterocycles. The van der Waals surface area contributed by atoms with Gasteiger partial charge in [-0.1, -0.05) is 0 Å². The monoisotopic (exact) mass is 306 g/mol. The molecule has 2 aromatic rings. The first kappa shape index (κ1) is 15.5. The molecule has 1 saturated heterocycles. The average Bonchev–Trinajstić information content (AvgIpc) is 3.08. The molecule has 3 heterocycles. The second-order valence-electron chi connectivity index (χ2n) is 4.58. The molecule has 0 saturated carbocycles. The molecular formula is C14H14N2O6. The lowest BCUT2D eigenvalue weighted by molar-refractivity contribution is -0.157. The van der Waals surface area contributed by atoms with Crippen molar-refractivity contribution in [3.05, 3.63) is 47.8 Å². The number of urea groups is 1. The maximum atomic E-state index is 11.4. The number of amides is 4. The fourth-order valence-electron chi connectivity index (χ4n) is 1.73. The van der Waals surface area contributed by atoms with Crippen molar-refractivity contribution in [3.8, 4) is 0 Å². The second-order valence-corrected chi connectivity index (χ2v) is 4.58. The van der Waals surface area contributed by atoms with Crippen LogP contribution in [0, 0.1) is 13.8 Å². The van der Waals surface area contributed by atoms with Gasteiger partial charge in [0.05, 0.1) is 6.26 Å². The highest BCUT2D eigenvalue weighted by atomic mass is 16.4. The number of carbonyl (C=O) groups excluding carboxylic acids is 3. The van der Waals surface area contributed by atoms with Gasteiger partial charge in [-0.15, -0.1) is 0 Å². The van der Waals surface area contributed by atoms with Crippen molar-refractivity contribution in [2.75, 3.05) is 0 Å². The fourth-order valence-corrected chi connectivity index (χ4v) is 1.73. The molecule has 1 aliphatic rings. The molecule has 4 amide bonds. The number of carbonyl (C=O) groups is 3. The lowest BCUT2D eigenvalue weighted by Gasteiger charge is -2.26. The van der Waals surface area contributed by atoms with Gasteiger partial charge in [0.25, 0.3) is 17.4 Å². The molecule has 0 bridgehead atoms. The topological polar surface area (TPSA) is 122 Å². The summed E-state index contributed by atoms with van der Waals surface area (Å²) in [6.07, 6.45) is 1.66. The Bertz CT molecular complexity index is 681. The molecule has 0 aliphatic carbocycles. The highest BCUT2D eigenvalue weighted by Crippen LogP contribution is 2.25. The minimum Gasteiger partial charge on any atom is -0.470 e. The first-order valence-corrected chi connectivity index (χ1v) is 6.30. The van der Waals surface area contributed by atoms with Crippen LogP contribution in [-0.4, -0.2) is 23.0 Å². The van der Waals surface area contributed by atoms with Crippen LogP contribution in [0.2, 0.25) is 0 Å². The van der Waals surface area contributed by atoms with Gasteiger partial charge < -0.3 is 13.9 Å². The van der Waals surface area contributed by atoms with E-state index in [0.29, 0.717) is 5.76 Å². The third kappa shape index (κ3) is 2.91. The smallest absolute Gasteiger partial charge is 0.328 e. The normalized spacial score (nSPS) is 16.4. The molecule has 0 aromatic carbocycles. The van der Waals surface area contributed by atoms with Crippen LogP contribution in [0.25, 0.3) is 0 Å². The molecule has 22 heavy (non-hydrogen) atoms. The Morgan fingerprint density at radius 1 is 1.00 bits per heavy atom. The number of hydrogen-bond acceptors (Lipinski definition) is 6. The SMILES string of the molecule is Cc1ccc(C2(O)C(=O)NC(=O)NC2=O)o1.Cc1ccco1. The Labute approximate surface area is 125 Å². The molecule has 0 radical (unpaired) electrons. The van der Waals surface area contributed by atoms with E-state index in [2.05, 4.69) is 0 Å². The minimum atomic E-state index is -2.50. The fraction of sp³-hybridized carbons (Fsp3) is 0.214. The lowest BCUT2D eigenvalue weighted by Crippen LogP contribution is -2.64. The minimum absolute atomic E-state index is 0.229. The standard InChI is InChI=1S/C9H8N2O5.C5H6O/c1-4-2-3-5(16-4)9(15)6(12)10-8(14)11-7(9)13;1-5-3-2-4-6-5/h2-3,15H,1H3,(H2,10,11,12,13,14);2-4H,1H3. The van der Waals surface area contributed by atoms with Crippen LogP contribution < -0.4 is 10.6 Å². The Kier molecular flexibility index (Phi) is 4.13. The lowest BCUT2D eigenvalue weighted by atomic mass is 9.97. The van der Waals surface area contributed by atoms with Crippen molar-refractivity contribution < 1.29 is 28.3 Å². The van der Waals surface area contributed by atoms with E-state index in [0.717, 1.165) is 5.76 Å². The third-order valence-electron chi connectivity index (χ3n) is 2.87. The predicted molar refractivity (Wildman–Crippen MR) is 72.5 cm³/mol. The summed E-state index contributed by atoms with van der Waals surface area (Å²) in [7, 11) is 0. The van der Waals surface area contributed by atoms with Crippen LogP contribution in [0.5, 0.6) is 0 Å². The van der Waals surface area contributed by atoms with Crippen molar-refractivity contribution in [1.82, 2.24) is 10.6 Å². The number of nitrogens with one attached hydrogen (secondary N) is 2. The number of barbiturate groups is 1. The van der Waals surface area contributed by atoms with E-state index < -0.39 is 23.4 Å². The van der Waals surface area contributed by atoms with Crippen molar-refractivity contribution in [3.63, 3.8) is 0 Å². The van der Waals surface area contributed by atoms with Gasteiger partial charge in [-0.3, -0.25) is 20.2 Å². The predicted octanol–water partition coefficient (Wildman–Crippen LogP) is 0.730. The van der Waals surface area contributed by atoms with Crippen molar-refractivity contribution in [1.29, 1.82) is 0 Å². The number of aliphatic hydroxyl groups is 1. The summed E-state index contributed by atoms with van der Waals surface area (Å²) >= 11 is 0. The molecule has 0 atom stereocenters. The number of imide groups is 2. The zero-order valence-corrected chi connectivity index (χ0v) is 11.9. The van der Waals surface area contributed by atoms with Gasteiger partial charge in [0.1, 0.15) is 11.5 Å². The van der Waals surface area contributed by atoms with Crippen LogP contribution in [0.15, 0.2) is 39.4 Å². The molecule has 8 heteroatoms. The van der Waals surface area contributed by atoms with E-state index in [1.165, 1.54) is 12.1 Å². The zero-order valence-electron chi connectivity index (χ0n) is 11.9. The van der Waals surface area contributed by atoms with Crippen molar-refractivity contribution in [2.45, 2.75) is 19.4 Å². The zero-order chi connectivity index (χ0) is 16.3. The van der Waals surface area contributed by atoms with Crippen molar-refractivity contribution in [2.24, 2.45) is 0 Å². The number of aryl methyl sites for hydroxylation is 2. The summed E-state index contributed by atoms with van der Waals surface area (Å²) in [5, 5.41) is 13.5. The molecule has 0 spiro atoms. The average molecular weight is 306 g/mol. The number of furan rings is 2. The molecule has 1 aliphatic heterocycles. The molecule has 8 nitrogen and oxygen atoms in total. The maximum Gasteiger partial charge on any atom is 0.328 e. The summed E-state index contributed by atoms with van der Waals surface area (Å²) in [5.41, 5.74) is -2.50. The molecule has 1 fully saturated rings. The summed E-state index contributed by atoms with van der Waals surface area (Å²) < 4.78 is 9.85. The highest BCUT2D eigenvalue weighted by molar-refractivity contribution is 6.21. The van der Waals surface area contributed by atoms with Gasteiger partial charge >= 0.3 is 6.03 Å². The van der Waals surface area contributed by atoms with E-state index in [9.17, 15) is 19.5 Å². The van der Waals surface area contributed by atoms with Gasteiger partial charge in [-0.25, -0.2) is 4.79 Å². The Morgan fingerprint density at radius 3 is 2.00 bits per heavy atom. The quantitative estimate of drug-likeness (QED) is 0.668. The molecular weight excluding hydrogens is 292 g/mol. The summed E-state index contributed by atoms with van der Waals surface area (Å²) in [4.78, 5) is 33.7. The van der Waals surface area contributed by atoms with Crippen LogP contribution >= 0.6 is 0 Å².